The molecule has 0 aliphatic heterocycles. The summed E-state index contributed by atoms with van der Waals surface area (Å²) in [6.45, 7) is 0. The molecular weight excluding hydrogens is 399 g/mol. The van der Waals surface area contributed by atoms with Crippen molar-refractivity contribution in [1.29, 1.82) is 0 Å². The van der Waals surface area contributed by atoms with Crippen LogP contribution < -0.4 is 11.5 Å². The highest BCUT2D eigenvalue weighted by atomic mass is 127. The fourth-order valence-electron chi connectivity index (χ4n) is 2.25. The van der Waals surface area contributed by atoms with Gasteiger partial charge in [-0.2, -0.15) is 5.10 Å². The van der Waals surface area contributed by atoms with Gasteiger partial charge in [-0.15, -0.1) is 0 Å². The van der Waals surface area contributed by atoms with E-state index in [0.717, 1.165) is 22.5 Å². The molecule has 0 amide bonds. The minimum Gasteiger partial charge on any atom is -0.399 e. The lowest BCUT2D eigenvalue weighted by Gasteiger charge is -1.98. The Kier molecular flexibility index (Phi) is 4.85. The fourth-order valence-corrected chi connectivity index (χ4v) is 2.82. The Balaban J connectivity index is 0.000000166. The summed E-state index contributed by atoms with van der Waals surface area (Å²) in [5.41, 5.74) is 15.1. The van der Waals surface area contributed by atoms with Crippen LogP contribution >= 0.6 is 22.6 Å². The van der Waals surface area contributed by atoms with E-state index in [-0.39, 0.29) is 0 Å². The summed E-state index contributed by atoms with van der Waals surface area (Å²) in [6.07, 6.45) is 6.54. The van der Waals surface area contributed by atoms with Gasteiger partial charge < -0.3 is 11.5 Å². The third-order valence-corrected chi connectivity index (χ3v) is 4.26. The largest absolute Gasteiger partial charge is 0.399 e. The Bertz CT molecular complexity index is 776. The van der Waals surface area contributed by atoms with Crippen LogP contribution in [0.2, 0.25) is 0 Å². The van der Waals surface area contributed by atoms with Crippen molar-refractivity contribution in [3.63, 3.8) is 0 Å². The maximum Gasteiger partial charge on any atom is 0.0568 e. The van der Waals surface area contributed by atoms with Crippen LogP contribution in [-0.4, -0.2) is 9.78 Å². The third-order valence-electron chi connectivity index (χ3n) is 3.59. The predicted octanol–water partition coefficient (Wildman–Crippen LogP) is 4.34. The van der Waals surface area contributed by atoms with E-state index in [0.29, 0.717) is 6.04 Å². The maximum atomic E-state index is 5.75. The Morgan fingerprint density at radius 1 is 0.957 bits per heavy atom. The molecule has 23 heavy (non-hydrogen) atoms. The van der Waals surface area contributed by atoms with E-state index in [4.69, 9.17) is 11.5 Å². The van der Waals surface area contributed by atoms with Crippen molar-refractivity contribution >= 4 is 34.0 Å². The molecule has 1 aliphatic rings. The molecule has 1 saturated carbocycles. The smallest absolute Gasteiger partial charge is 0.0568 e. The minimum atomic E-state index is 0.639. The van der Waals surface area contributed by atoms with E-state index < -0.39 is 0 Å². The summed E-state index contributed by atoms with van der Waals surface area (Å²) in [7, 11) is 0. The van der Waals surface area contributed by atoms with Crippen LogP contribution in [0.1, 0.15) is 18.9 Å². The first-order chi connectivity index (χ1) is 11.1. The Morgan fingerprint density at radius 2 is 1.65 bits per heavy atom. The lowest BCUT2D eigenvalue weighted by atomic mass is 10.1. The van der Waals surface area contributed by atoms with Crippen molar-refractivity contribution in [3.05, 3.63) is 64.5 Å². The second-order valence-electron chi connectivity index (χ2n) is 5.62. The van der Waals surface area contributed by atoms with Gasteiger partial charge in [-0.25, -0.2) is 0 Å². The third kappa shape index (κ3) is 4.48. The molecule has 0 atom stereocenters. The molecule has 0 radical (unpaired) electrons. The van der Waals surface area contributed by atoms with Crippen molar-refractivity contribution in [3.8, 4) is 11.1 Å². The van der Waals surface area contributed by atoms with E-state index in [1.807, 2.05) is 48.7 Å². The standard InChI is InChI=1S/C12H13N3.C6H6IN/c13-11-3-1-2-9(6-11)10-7-14-15(8-10)12-4-5-12;7-5-2-1-3-6(8)4-5/h1-3,6-8,12H,4-5,13H2;1-4H,8H2. The van der Waals surface area contributed by atoms with Gasteiger partial charge in [0.2, 0.25) is 0 Å². The molecule has 0 bridgehead atoms. The van der Waals surface area contributed by atoms with Gasteiger partial charge in [-0.1, -0.05) is 18.2 Å². The lowest BCUT2D eigenvalue weighted by Crippen LogP contribution is -1.91. The first-order valence-electron chi connectivity index (χ1n) is 7.53. The first-order valence-corrected chi connectivity index (χ1v) is 8.61. The predicted molar refractivity (Wildman–Crippen MR) is 104 cm³/mol. The first kappa shape index (κ1) is 15.9. The van der Waals surface area contributed by atoms with Crippen molar-refractivity contribution in [2.75, 3.05) is 11.5 Å². The van der Waals surface area contributed by atoms with Gasteiger partial charge in [-0.3, -0.25) is 4.68 Å². The number of nitrogens with zero attached hydrogens (tertiary/aromatic N) is 2. The van der Waals surface area contributed by atoms with Crippen LogP contribution in [0.4, 0.5) is 11.4 Å². The van der Waals surface area contributed by atoms with Crippen LogP contribution in [0.5, 0.6) is 0 Å². The Labute approximate surface area is 149 Å². The quantitative estimate of drug-likeness (QED) is 0.481. The molecule has 1 aromatic heterocycles. The van der Waals surface area contributed by atoms with Crippen LogP contribution in [0, 0.1) is 3.57 Å². The number of nitrogens with two attached hydrogens (primary N) is 2. The van der Waals surface area contributed by atoms with Crippen LogP contribution in [0.3, 0.4) is 0 Å². The van der Waals surface area contributed by atoms with Crippen molar-refractivity contribution < 1.29 is 0 Å². The molecular formula is C18H19IN4. The van der Waals surface area contributed by atoms with Crippen LogP contribution in [0.25, 0.3) is 11.1 Å². The van der Waals surface area contributed by atoms with Crippen LogP contribution in [0.15, 0.2) is 60.9 Å². The summed E-state index contributed by atoms with van der Waals surface area (Å²) in [6, 6.07) is 16.3. The number of hydrogen-bond acceptors (Lipinski definition) is 3. The Morgan fingerprint density at radius 3 is 2.22 bits per heavy atom. The molecule has 4 nitrogen and oxygen atoms in total. The zero-order valence-corrected chi connectivity index (χ0v) is 14.8. The molecule has 2 aromatic carbocycles. The van der Waals surface area contributed by atoms with Gasteiger partial charge in [0.15, 0.2) is 0 Å². The number of halogens is 1. The van der Waals surface area contributed by atoms with Crippen molar-refractivity contribution in [1.82, 2.24) is 9.78 Å². The molecule has 4 rings (SSSR count). The van der Waals surface area contributed by atoms with Gasteiger partial charge in [-0.05, 0) is 71.3 Å². The number of nitrogen functional groups attached to an aromatic ring is 2. The molecule has 1 fully saturated rings. The van der Waals surface area contributed by atoms with Gasteiger partial charge in [0.25, 0.3) is 0 Å². The molecule has 4 N–H and O–H groups in total. The number of anilines is 2. The average Bonchev–Trinajstić information content (AvgIpc) is 3.25. The molecule has 1 aliphatic carbocycles. The summed E-state index contributed by atoms with van der Waals surface area (Å²) in [5, 5.41) is 4.36. The van der Waals surface area contributed by atoms with Gasteiger partial charge >= 0.3 is 0 Å². The van der Waals surface area contributed by atoms with Gasteiger partial charge in [0, 0.05) is 26.7 Å². The highest BCUT2D eigenvalue weighted by Gasteiger charge is 2.24. The van der Waals surface area contributed by atoms with Gasteiger partial charge in [0.05, 0.1) is 12.2 Å². The number of aromatic nitrogens is 2. The molecule has 3 aromatic rings. The second kappa shape index (κ2) is 7.04. The summed E-state index contributed by atoms with van der Waals surface area (Å²) in [5.74, 6) is 0. The van der Waals surface area contributed by atoms with Crippen molar-refractivity contribution in [2.45, 2.75) is 18.9 Å². The molecule has 5 heteroatoms. The second-order valence-corrected chi connectivity index (χ2v) is 6.87. The van der Waals surface area contributed by atoms with Gasteiger partial charge in [0.1, 0.15) is 0 Å². The fraction of sp³-hybridized carbons (Fsp3) is 0.167. The highest BCUT2D eigenvalue weighted by molar-refractivity contribution is 14.1. The van der Waals surface area contributed by atoms with E-state index >= 15 is 0 Å². The van der Waals surface area contributed by atoms with E-state index in [1.165, 1.54) is 16.4 Å². The summed E-state index contributed by atoms with van der Waals surface area (Å²) < 4.78 is 3.24. The zero-order chi connectivity index (χ0) is 16.2. The van der Waals surface area contributed by atoms with E-state index in [2.05, 4.69) is 44.6 Å². The summed E-state index contributed by atoms with van der Waals surface area (Å²) in [4.78, 5) is 0. The zero-order valence-electron chi connectivity index (χ0n) is 12.7. The number of rotatable bonds is 2. The number of benzene rings is 2. The monoisotopic (exact) mass is 418 g/mol. The highest BCUT2D eigenvalue weighted by Crippen LogP contribution is 2.35. The summed E-state index contributed by atoms with van der Waals surface area (Å²) >= 11 is 2.23. The average molecular weight is 418 g/mol. The van der Waals surface area contributed by atoms with E-state index in [9.17, 15) is 0 Å². The molecule has 1 heterocycles. The minimum absolute atomic E-state index is 0.639. The maximum absolute atomic E-state index is 5.75. The molecule has 0 unspecified atom stereocenters. The van der Waals surface area contributed by atoms with E-state index in [1.54, 1.807) is 0 Å². The molecule has 0 spiro atoms. The topological polar surface area (TPSA) is 69.9 Å². The SMILES string of the molecule is Nc1cccc(-c2cnn(C3CC3)c2)c1.Nc1cccc(I)c1. The molecule has 118 valence electrons. The normalized spacial score (nSPS) is 13.3. The lowest BCUT2D eigenvalue weighted by molar-refractivity contribution is 0.642. The Hall–Kier alpha value is -2.02. The number of hydrogen-bond donors (Lipinski definition) is 2. The van der Waals surface area contributed by atoms with Crippen molar-refractivity contribution in [2.24, 2.45) is 0 Å². The molecule has 0 saturated heterocycles. The van der Waals surface area contributed by atoms with Crippen LogP contribution in [-0.2, 0) is 0 Å².